The van der Waals surface area contributed by atoms with E-state index in [1.165, 1.54) is 16.2 Å². The number of thiazole rings is 1. The topological polar surface area (TPSA) is 65.5 Å². The van der Waals surface area contributed by atoms with Crippen molar-refractivity contribution >= 4 is 28.3 Å². The average Bonchev–Trinajstić information content (AvgIpc) is 2.78. The van der Waals surface area contributed by atoms with Gasteiger partial charge in [-0.2, -0.15) is 0 Å². The molecule has 98 valence electrons. The predicted octanol–water partition coefficient (Wildman–Crippen LogP) is 0.375. The molecule has 0 unspecified atom stereocenters. The first-order chi connectivity index (χ1) is 8.61. The highest BCUT2D eigenvalue weighted by Crippen LogP contribution is 2.20. The van der Waals surface area contributed by atoms with Crippen LogP contribution >= 0.6 is 11.3 Å². The van der Waals surface area contributed by atoms with Crippen LogP contribution in [-0.2, 0) is 16.1 Å². The Morgan fingerprint density at radius 2 is 2.17 bits per heavy atom. The highest BCUT2D eigenvalue weighted by molar-refractivity contribution is 7.15. The maximum Gasteiger partial charge on any atom is 0.312 e. The van der Waals surface area contributed by atoms with E-state index >= 15 is 0 Å². The fraction of sp³-hybridized carbons (Fsp3) is 0.545. The minimum absolute atomic E-state index is 0.429. The van der Waals surface area contributed by atoms with E-state index in [-0.39, 0.29) is 0 Å². The van der Waals surface area contributed by atoms with Crippen LogP contribution in [0, 0.1) is 0 Å². The lowest BCUT2D eigenvalue weighted by molar-refractivity contribution is -0.155. The van der Waals surface area contributed by atoms with Crippen molar-refractivity contribution in [3.8, 4) is 0 Å². The van der Waals surface area contributed by atoms with Gasteiger partial charge in [0, 0.05) is 37.8 Å². The van der Waals surface area contributed by atoms with Gasteiger partial charge < -0.3 is 15.1 Å². The third kappa shape index (κ3) is 2.61. The highest BCUT2D eigenvalue weighted by atomic mass is 32.1. The first-order valence-corrected chi connectivity index (χ1v) is 6.66. The van der Waals surface area contributed by atoms with Crippen LogP contribution in [0.5, 0.6) is 0 Å². The number of piperazine rings is 1. The third-order valence-corrected chi connectivity index (χ3v) is 3.69. The molecule has 0 aliphatic carbocycles. The van der Waals surface area contributed by atoms with Crippen LogP contribution < -0.4 is 5.32 Å². The Hall–Kier alpha value is -1.63. The smallest absolute Gasteiger partial charge is 0.312 e. The molecule has 1 aliphatic heterocycles. The number of hydrogen-bond acceptors (Lipinski definition) is 5. The minimum Gasteiger partial charge on any atom is -0.362 e. The van der Waals surface area contributed by atoms with E-state index in [4.69, 9.17) is 0 Å². The minimum atomic E-state index is -0.433. The summed E-state index contributed by atoms with van der Waals surface area (Å²) in [7, 11) is 1.65. The Balaban J connectivity index is 2.00. The fourth-order valence-corrected chi connectivity index (χ4v) is 2.62. The quantitative estimate of drug-likeness (QED) is 0.802. The number of nitrogens with one attached hydrogen (secondary N) is 1. The number of carbonyl (C=O) groups excluding carboxylic acids is 2. The molecule has 0 spiro atoms. The second-order valence-corrected chi connectivity index (χ2v) is 5.23. The van der Waals surface area contributed by atoms with E-state index in [1.807, 2.05) is 6.92 Å². The fourth-order valence-electron chi connectivity index (χ4n) is 1.72. The van der Waals surface area contributed by atoms with Crippen molar-refractivity contribution in [1.29, 1.82) is 0 Å². The maximum atomic E-state index is 11.8. The monoisotopic (exact) mass is 268 g/mol. The number of rotatable bonds is 4. The molecule has 1 saturated heterocycles. The highest BCUT2D eigenvalue weighted by Gasteiger charge is 2.30. The van der Waals surface area contributed by atoms with Crippen molar-refractivity contribution < 1.29 is 9.59 Å². The summed E-state index contributed by atoms with van der Waals surface area (Å²) >= 11 is 1.51. The zero-order chi connectivity index (χ0) is 13.1. The summed E-state index contributed by atoms with van der Waals surface area (Å²) in [4.78, 5) is 31.5. The summed E-state index contributed by atoms with van der Waals surface area (Å²) in [5.41, 5.74) is 0. The SMILES string of the molecule is CCNc1ncc(CN2CCN(C)C(=O)C2=O)s1. The van der Waals surface area contributed by atoms with Crippen molar-refractivity contribution in [2.24, 2.45) is 0 Å². The van der Waals surface area contributed by atoms with Crippen LogP contribution in [0.1, 0.15) is 11.8 Å². The molecule has 2 amide bonds. The van der Waals surface area contributed by atoms with Gasteiger partial charge >= 0.3 is 11.8 Å². The van der Waals surface area contributed by atoms with Gasteiger partial charge in [-0.25, -0.2) is 4.98 Å². The average molecular weight is 268 g/mol. The molecule has 1 aromatic heterocycles. The van der Waals surface area contributed by atoms with Crippen LogP contribution in [0.25, 0.3) is 0 Å². The van der Waals surface area contributed by atoms with E-state index in [9.17, 15) is 9.59 Å². The van der Waals surface area contributed by atoms with Gasteiger partial charge in [0.15, 0.2) is 5.13 Å². The maximum absolute atomic E-state index is 11.8. The molecule has 1 aliphatic rings. The molecule has 2 heterocycles. The molecule has 1 fully saturated rings. The third-order valence-electron chi connectivity index (χ3n) is 2.75. The summed E-state index contributed by atoms with van der Waals surface area (Å²) in [5, 5.41) is 3.97. The lowest BCUT2D eigenvalue weighted by Crippen LogP contribution is -2.52. The molecular formula is C11H16N4O2S. The Morgan fingerprint density at radius 1 is 1.39 bits per heavy atom. The molecule has 6 nitrogen and oxygen atoms in total. The largest absolute Gasteiger partial charge is 0.362 e. The number of nitrogens with zero attached hydrogens (tertiary/aromatic N) is 3. The van der Waals surface area contributed by atoms with Crippen LogP contribution in [0.4, 0.5) is 5.13 Å². The molecule has 0 saturated carbocycles. The molecule has 2 rings (SSSR count). The molecule has 1 N–H and O–H groups in total. The molecular weight excluding hydrogens is 252 g/mol. The molecule has 0 atom stereocenters. The van der Waals surface area contributed by atoms with E-state index in [1.54, 1.807) is 18.1 Å². The predicted molar refractivity (Wildman–Crippen MR) is 69.3 cm³/mol. The van der Waals surface area contributed by atoms with Crippen LogP contribution in [0.15, 0.2) is 6.20 Å². The van der Waals surface area contributed by atoms with Gasteiger partial charge in [0.1, 0.15) is 0 Å². The first-order valence-electron chi connectivity index (χ1n) is 5.84. The standard InChI is InChI=1S/C11H16N4O2S/c1-3-12-11-13-6-8(18-11)7-15-5-4-14(2)9(16)10(15)17/h6H,3-5,7H2,1-2H3,(H,12,13). The summed E-state index contributed by atoms with van der Waals surface area (Å²) < 4.78 is 0. The van der Waals surface area contributed by atoms with Gasteiger partial charge in [0.2, 0.25) is 0 Å². The number of anilines is 1. The second kappa shape index (κ2) is 5.34. The van der Waals surface area contributed by atoms with E-state index in [0.717, 1.165) is 16.6 Å². The molecule has 18 heavy (non-hydrogen) atoms. The van der Waals surface area contributed by atoms with Crippen molar-refractivity contribution in [3.05, 3.63) is 11.1 Å². The zero-order valence-corrected chi connectivity index (χ0v) is 11.3. The lowest BCUT2D eigenvalue weighted by atomic mass is 10.3. The Bertz CT molecular complexity index is 460. The van der Waals surface area contributed by atoms with Gasteiger partial charge in [-0.3, -0.25) is 9.59 Å². The normalized spacial score (nSPS) is 16.3. The van der Waals surface area contributed by atoms with Gasteiger partial charge in [0.25, 0.3) is 0 Å². The molecule has 0 bridgehead atoms. The van der Waals surface area contributed by atoms with Crippen molar-refractivity contribution in [1.82, 2.24) is 14.8 Å². The summed E-state index contributed by atoms with van der Waals surface area (Å²) in [6.07, 6.45) is 1.75. The zero-order valence-electron chi connectivity index (χ0n) is 10.5. The van der Waals surface area contributed by atoms with E-state index < -0.39 is 11.8 Å². The van der Waals surface area contributed by atoms with Gasteiger partial charge in [-0.1, -0.05) is 0 Å². The Labute approximate surface area is 110 Å². The van der Waals surface area contributed by atoms with Crippen LogP contribution in [0.3, 0.4) is 0 Å². The van der Waals surface area contributed by atoms with Crippen molar-refractivity contribution in [2.45, 2.75) is 13.5 Å². The number of carbonyl (C=O) groups is 2. The van der Waals surface area contributed by atoms with Crippen LogP contribution in [0.2, 0.25) is 0 Å². The molecule has 0 aromatic carbocycles. The number of likely N-dealkylation sites (N-methyl/N-ethyl adjacent to an activating group) is 1. The Kier molecular flexibility index (Phi) is 3.81. The molecule has 7 heteroatoms. The van der Waals surface area contributed by atoms with Gasteiger partial charge in [0.05, 0.1) is 6.54 Å². The van der Waals surface area contributed by atoms with E-state index in [0.29, 0.717) is 19.6 Å². The van der Waals surface area contributed by atoms with Gasteiger partial charge in [-0.15, -0.1) is 11.3 Å². The van der Waals surface area contributed by atoms with Crippen molar-refractivity contribution in [3.63, 3.8) is 0 Å². The number of amides is 2. The second-order valence-electron chi connectivity index (χ2n) is 4.12. The van der Waals surface area contributed by atoms with Crippen molar-refractivity contribution in [2.75, 3.05) is 32.0 Å². The summed E-state index contributed by atoms with van der Waals surface area (Å²) in [6.45, 7) is 4.45. The number of aromatic nitrogens is 1. The summed E-state index contributed by atoms with van der Waals surface area (Å²) in [6, 6.07) is 0. The molecule has 1 aromatic rings. The Morgan fingerprint density at radius 3 is 2.89 bits per heavy atom. The molecule has 0 radical (unpaired) electrons. The van der Waals surface area contributed by atoms with Crippen LogP contribution in [-0.4, -0.2) is 53.3 Å². The first kappa shape index (κ1) is 12.8. The number of hydrogen-bond donors (Lipinski definition) is 1. The lowest BCUT2D eigenvalue weighted by Gasteiger charge is -2.30. The van der Waals surface area contributed by atoms with E-state index in [2.05, 4.69) is 10.3 Å². The van der Waals surface area contributed by atoms with Gasteiger partial charge in [-0.05, 0) is 6.92 Å². The summed E-state index contributed by atoms with van der Waals surface area (Å²) in [5.74, 6) is -0.861.